The molecule has 11 heteroatoms. The molecule has 0 bridgehead atoms. The molecule has 4 rings (SSSR count). The van der Waals surface area contributed by atoms with Crippen LogP contribution in [0.25, 0.3) is 11.8 Å². The zero-order valence-electron chi connectivity index (χ0n) is 18.8. The van der Waals surface area contributed by atoms with Gasteiger partial charge >= 0.3 is 5.97 Å². The van der Waals surface area contributed by atoms with Gasteiger partial charge in [-0.25, -0.2) is 9.79 Å². The van der Waals surface area contributed by atoms with Gasteiger partial charge in [-0.1, -0.05) is 40.6 Å². The maximum Gasteiger partial charge on any atom is 0.338 e. The number of ether oxygens (including phenoxy) is 2. The van der Waals surface area contributed by atoms with Crippen LogP contribution in [0.15, 0.2) is 45.7 Å². The van der Waals surface area contributed by atoms with Crippen molar-refractivity contribution in [1.82, 2.24) is 4.57 Å². The summed E-state index contributed by atoms with van der Waals surface area (Å²) in [7, 11) is 1.42. The Kier molecular flexibility index (Phi) is 6.93. The summed E-state index contributed by atoms with van der Waals surface area (Å²) in [5.74, 6) is -0.665. The van der Waals surface area contributed by atoms with Crippen molar-refractivity contribution in [2.75, 3.05) is 13.7 Å². The average molecular weight is 535 g/mol. The van der Waals surface area contributed by atoms with E-state index in [-0.39, 0.29) is 44.5 Å². The van der Waals surface area contributed by atoms with E-state index in [1.807, 2.05) is 0 Å². The predicted octanol–water partition coefficient (Wildman–Crippen LogP) is 3.63. The van der Waals surface area contributed by atoms with Crippen molar-refractivity contribution in [3.05, 3.63) is 76.8 Å². The van der Waals surface area contributed by atoms with Gasteiger partial charge in [0, 0.05) is 16.3 Å². The van der Waals surface area contributed by atoms with Crippen molar-refractivity contribution in [2.45, 2.75) is 19.9 Å². The first-order valence-electron chi connectivity index (χ1n) is 10.4. The van der Waals surface area contributed by atoms with Crippen molar-refractivity contribution < 1.29 is 24.5 Å². The lowest BCUT2D eigenvalue weighted by molar-refractivity contribution is -0.138. The largest absolute Gasteiger partial charge is 0.506 e. The second kappa shape index (κ2) is 9.77. The molecule has 35 heavy (non-hydrogen) atoms. The van der Waals surface area contributed by atoms with E-state index >= 15 is 0 Å². The molecule has 2 heterocycles. The van der Waals surface area contributed by atoms with Crippen LogP contribution in [0.3, 0.4) is 0 Å². The van der Waals surface area contributed by atoms with Crippen molar-refractivity contribution >= 4 is 52.3 Å². The molecular weight excluding hydrogens is 515 g/mol. The quantitative estimate of drug-likeness (QED) is 0.483. The number of phenols is 2. The summed E-state index contributed by atoms with van der Waals surface area (Å²) in [6.45, 7) is 3.46. The van der Waals surface area contributed by atoms with Gasteiger partial charge in [0.25, 0.3) is 5.56 Å². The van der Waals surface area contributed by atoms with Gasteiger partial charge in [-0.3, -0.25) is 9.36 Å². The fraction of sp³-hybridized carbons (Fsp3) is 0.208. The van der Waals surface area contributed by atoms with Gasteiger partial charge in [-0.15, -0.1) is 0 Å². The molecule has 1 aromatic heterocycles. The number of fused-ring (bicyclic) bond motifs is 1. The molecule has 1 aliphatic rings. The minimum Gasteiger partial charge on any atom is -0.506 e. The van der Waals surface area contributed by atoms with E-state index in [2.05, 4.69) is 4.99 Å². The standard InChI is InChI=1S/C24H20Cl2N2O6S/c1-4-34-23(32)19-11(2)28-22(31)18(9-13-7-14(25)10-15(26)21(13)30)35-24(28)27-20(19)12-5-6-16(29)17(8-12)33-3/h5-10,20,29-30H,4H2,1-3H3/b18-9-/t20-/m1/s1. The Hall–Kier alpha value is -3.27. The molecule has 182 valence electrons. The average Bonchev–Trinajstić information content (AvgIpc) is 3.12. The number of thiazole rings is 1. The van der Waals surface area contributed by atoms with Crippen LogP contribution in [0.4, 0.5) is 0 Å². The summed E-state index contributed by atoms with van der Waals surface area (Å²) in [5, 5.41) is 20.7. The number of allylic oxidation sites excluding steroid dienone is 1. The molecule has 8 nitrogen and oxygen atoms in total. The number of phenolic OH excluding ortho intramolecular Hbond substituents is 2. The number of hydrogen-bond acceptors (Lipinski definition) is 8. The van der Waals surface area contributed by atoms with Crippen molar-refractivity contribution in [3.63, 3.8) is 0 Å². The van der Waals surface area contributed by atoms with Gasteiger partial charge in [0.15, 0.2) is 16.3 Å². The Morgan fingerprint density at radius 1 is 1.26 bits per heavy atom. The number of aromatic hydroxyl groups is 2. The summed E-state index contributed by atoms with van der Waals surface area (Å²) in [6.07, 6.45) is 1.47. The third-order valence-corrected chi connectivity index (χ3v) is 6.89. The molecular formula is C24H20Cl2N2O6S. The monoisotopic (exact) mass is 534 g/mol. The number of aromatic nitrogens is 1. The Balaban J connectivity index is 1.98. The number of carbonyl (C=O) groups is 1. The normalized spacial score (nSPS) is 15.6. The molecule has 0 aliphatic carbocycles. The number of nitrogens with zero attached hydrogens (tertiary/aromatic N) is 2. The smallest absolute Gasteiger partial charge is 0.338 e. The molecule has 0 saturated heterocycles. The third-order valence-electron chi connectivity index (χ3n) is 5.40. The lowest BCUT2D eigenvalue weighted by Crippen LogP contribution is -2.35. The lowest BCUT2D eigenvalue weighted by Gasteiger charge is -2.22. The Morgan fingerprint density at radius 3 is 2.69 bits per heavy atom. The maximum atomic E-state index is 13.3. The molecule has 2 aromatic carbocycles. The van der Waals surface area contributed by atoms with Gasteiger partial charge in [-0.2, -0.15) is 0 Å². The number of carbonyl (C=O) groups excluding carboxylic acids is 1. The highest BCUT2D eigenvalue weighted by Crippen LogP contribution is 2.36. The summed E-state index contributed by atoms with van der Waals surface area (Å²) in [6, 6.07) is 6.73. The highest BCUT2D eigenvalue weighted by Gasteiger charge is 2.32. The summed E-state index contributed by atoms with van der Waals surface area (Å²) in [4.78, 5) is 31.3. The van der Waals surface area contributed by atoms with E-state index in [1.165, 1.54) is 36.0 Å². The molecule has 0 saturated carbocycles. The minimum atomic E-state index is -0.802. The minimum absolute atomic E-state index is 0.0527. The number of benzene rings is 2. The molecule has 2 N–H and O–H groups in total. The third kappa shape index (κ3) is 4.54. The van der Waals surface area contributed by atoms with Gasteiger partial charge in [0.1, 0.15) is 11.8 Å². The fourth-order valence-electron chi connectivity index (χ4n) is 3.76. The van der Waals surface area contributed by atoms with Crippen molar-refractivity contribution in [3.8, 4) is 17.2 Å². The van der Waals surface area contributed by atoms with Crippen LogP contribution >= 0.6 is 34.5 Å². The second-order valence-corrected chi connectivity index (χ2v) is 9.39. The number of hydrogen-bond donors (Lipinski definition) is 2. The van der Waals surface area contributed by atoms with Crippen LogP contribution in [-0.2, 0) is 9.53 Å². The van der Waals surface area contributed by atoms with Crippen LogP contribution in [0, 0.1) is 0 Å². The first-order chi connectivity index (χ1) is 16.7. The first kappa shape index (κ1) is 24.8. The van der Waals surface area contributed by atoms with E-state index in [0.717, 1.165) is 11.3 Å². The highest BCUT2D eigenvalue weighted by molar-refractivity contribution is 7.07. The molecule has 0 fully saturated rings. The zero-order valence-corrected chi connectivity index (χ0v) is 21.2. The van der Waals surface area contributed by atoms with Gasteiger partial charge in [0.05, 0.1) is 28.8 Å². The van der Waals surface area contributed by atoms with Crippen LogP contribution in [-0.4, -0.2) is 34.5 Å². The lowest BCUT2D eigenvalue weighted by atomic mass is 9.96. The van der Waals surface area contributed by atoms with Gasteiger partial charge in [0.2, 0.25) is 0 Å². The van der Waals surface area contributed by atoms with Crippen LogP contribution in [0.2, 0.25) is 10.0 Å². The van der Waals surface area contributed by atoms with Crippen LogP contribution in [0.5, 0.6) is 17.2 Å². The predicted molar refractivity (Wildman–Crippen MR) is 134 cm³/mol. The maximum absolute atomic E-state index is 13.3. The Bertz CT molecular complexity index is 1560. The van der Waals surface area contributed by atoms with Gasteiger partial charge in [-0.05, 0) is 49.8 Å². The second-order valence-electron chi connectivity index (χ2n) is 7.54. The van der Waals surface area contributed by atoms with Crippen molar-refractivity contribution in [1.29, 1.82) is 0 Å². The molecule has 0 unspecified atom stereocenters. The van der Waals surface area contributed by atoms with Crippen LogP contribution in [0.1, 0.15) is 31.0 Å². The van der Waals surface area contributed by atoms with Crippen molar-refractivity contribution in [2.24, 2.45) is 4.99 Å². The van der Waals surface area contributed by atoms with Crippen LogP contribution < -0.4 is 19.6 Å². The summed E-state index contributed by atoms with van der Waals surface area (Å²) >= 11 is 13.2. The Morgan fingerprint density at radius 2 is 2.00 bits per heavy atom. The van der Waals surface area contributed by atoms with E-state index in [1.54, 1.807) is 26.0 Å². The summed E-state index contributed by atoms with van der Waals surface area (Å²) < 4.78 is 12.1. The molecule has 0 amide bonds. The number of methoxy groups -OCH3 is 1. The number of rotatable bonds is 5. The highest BCUT2D eigenvalue weighted by atomic mass is 35.5. The summed E-state index contributed by atoms with van der Waals surface area (Å²) in [5.41, 5.74) is 0.960. The fourth-order valence-corrected chi connectivity index (χ4v) is 5.30. The van der Waals surface area contributed by atoms with E-state index in [4.69, 9.17) is 32.7 Å². The molecule has 0 spiro atoms. The zero-order chi connectivity index (χ0) is 25.4. The van der Waals surface area contributed by atoms with E-state index in [9.17, 15) is 19.8 Å². The molecule has 1 aliphatic heterocycles. The Labute approximate surface area is 213 Å². The first-order valence-corrected chi connectivity index (χ1v) is 12.0. The SMILES string of the molecule is CCOC(=O)C1=C(C)n2c(s/c(=C\c3cc(Cl)cc(Cl)c3O)c2=O)=N[C@@H]1c1ccc(O)c(OC)c1. The van der Waals surface area contributed by atoms with Gasteiger partial charge < -0.3 is 19.7 Å². The number of halogens is 2. The number of esters is 1. The molecule has 3 aromatic rings. The molecule has 0 radical (unpaired) electrons. The molecule has 1 atom stereocenters. The van der Waals surface area contributed by atoms with E-state index in [0.29, 0.717) is 21.1 Å². The topological polar surface area (TPSA) is 110 Å². The van der Waals surface area contributed by atoms with E-state index < -0.39 is 17.6 Å².